The second kappa shape index (κ2) is 6.51. The van der Waals surface area contributed by atoms with Crippen molar-refractivity contribution in [3.05, 3.63) is 83.3 Å². The van der Waals surface area contributed by atoms with Gasteiger partial charge >= 0.3 is 0 Å². The van der Waals surface area contributed by atoms with E-state index in [1.807, 2.05) is 30.3 Å². The summed E-state index contributed by atoms with van der Waals surface area (Å²) in [5.41, 5.74) is 4.02. The maximum Gasteiger partial charge on any atom is 0.135 e. The summed E-state index contributed by atoms with van der Waals surface area (Å²) in [6, 6.07) is 13.6. The molecule has 32 heavy (non-hydrogen) atoms. The first-order valence-corrected chi connectivity index (χ1v) is 10.7. The lowest BCUT2D eigenvalue weighted by atomic mass is 9.66. The molecule has 0 aliphatic heterocycles. The van der Waals surface area contributed by atoms with Crippen LogP contribution < -0.4 is 0 Å². The zero-order valence-electron chi connectivity index (χ0n) is 17.7. The molecule has 4 aromatic rings. The Hall–Kier alpha value is -3.48. The van der Waals surface area contributed by atoms with Crippen LogP contribution in [0, 0.1) is 17.0 Å². The zero-order chi connectivity index (χ0) is 22.1. The minimum Gasteiger partial charge on any atom is -0.276 e. The molecular formula is C25H21F2N5. The van der Waals surface area contributed by atoms with E-state index in [2.05, 4.69) is 34.2 Å². The third-order valence-corrected chi connectivity index (χ3v) is 7.56. The first kappa shape index (κ1) is 19.2. The highest BCUT2D eigenvalue weighted by molar-refractivity contribution is 5.64. The lowest BCUT2D eigenvalue weighted by molar-refractivity contribution is 0.243. The van der Waals surface area contributed by atoms with E-state index in [4.69, 9.17) is 4.98 Å². The van der Waals surface area contributed by atoms with Crippen molar-refractivity contribution in [3.63, 3.8) is 0 Å². The predicted octanol–water partition coefficient (Wildman–Crippen LogP) is 5.41. The molecule has 7 heteroatoms. The van der Waals surface area contributed by atoms with Gasteiger partial charge < -0.3 is 0 Å². The standard InChI is InChI=1S/C25H21F2N5/c1-24(2)15-9-11-25(24,21-8-4-7-18(29-21)19-10-12-28-30-19)23-14(15)13-20(31-32-23)22-16(26)5-3-6-17(22)27/h3-8,10,12-13,15H,9,11H2,1-2H3,(H,28,30)/t15-,25+/m0/s1. The van der Waals surface area contributed by atoms with Crippen LogP contribution in [0.25, 0.3) is 22.6 Å². The fraction of sp³-hybridized carbons (Fsp3) is 0.280. The van der Waals surface area contributed by atoms with Crippen molar-refractivity contribution in [1.82, 2.24) is 25.4 Å². The maximum atomic E-state index is 14.4. The highest BCUT2D eigenvalue weighted by Crippen LogP contribution is 2.69. The normalized spacial score (nSPS) is 22.8. The number of halogens is 2. The number of benzene rings is 1. The zero-order valence-corrected chi connectivity index (χ0v) is 17.7. The first-order valence-electron chi connectivity index (χ1n) is 10.7. The Morgan fingerprint density at radius 2 is 1.75 bits per heavy atom. The Kier molecular flexibility index (Phi) is 3.91. The van der Waals surface area contributed by atoms with E-state index in [1.54, 1.807) is 6.20 Å². The fourth-order valence-corrected chi connectivity index (χ4v) is 5.98. The van der Waals surface area contributed by atoms with Gasteiger partial charge in [-0.25, -0.2) is 8.78 Å². The SMILES string of the molecule is CC1(C)[C@H]2CC[C@@]1(c1cccc(-c3ccn[nH]3)n1)c1nnc(-c3c(F)cccc3F)cc12. The van der Waals surface area contributed by atoms with Crippen molar-refractivity contribution in [3.8, 4) is 22.6 Å². The number of pyridine rings is 1. The van der Waals surface area contributed by atoms with Gasteiger partial charge in [0, 0.05) is 6.20 Å². The topological polar surface area (TPSA) is 67.3 Å². The van der Waals surface area contributed by atoms with Crippen LogP contribution in [0.15, 0.2) is 54.7 Å². The summed E-state index contributed by atoms with van der Waals surface area (Å²) < 4.78 is 28.8. The lowest BCUT2D eigenvalue weighted by Gasteiger charge is -2.37. The van der Waals surface area contributed by atoms with Crippen LogP contribution in [0.1, 0.15) is 49.6 Å². The largest absolute Gasteiger partial charge is 0.276 e. The second-order valence-corrected chi connectivity index (χ2v) is 9.23. The average molecular weight is 429 g/mol. The number of H-pyrrole nitrogens is 1. The molecular weight excluding hydrogens is 408 g/mol. The molecule has 3 heterocycles. The summed E-state index contributed by atoms with van der Waals surface area (Å²) in [5.74, 6) is -1.06. The molecule has 1 aromatic carbocycles. The van der Waals surface area contributed by atoms with Gasteiger partial charge in [0.25, 0.3) is 0 Å². The van der Waals surface area contributed by atoms with E-state index in [-0.39, 0.29) is 22.6 Å². The molecule has 0 radical (unpaired) electrons. The van der Waals surface area contributed by atoms with Crippen LogP contribution in [0.4, 0.5) is 8.78 Å². The van der Waals surface area contributed by atoms with Gasteiger partial charge in [0.1, 0.15) is 11.6 Å². The first-order chi connectivity index (χ1) is 15.4. The van der Waals surface area contributed by atoms with Crippen molar-refractivity contribution in [1.29, 1.82) is 0 Å². The smallest absolute Gasteiger partial charge is 0.135 e. The molecule has 1 fully saturated rings. The number of aromatic nitrogens is 5. The van der Waals surface area contributed by atoms with Gasteiger partial charge in [0.15, 0.2) is 0 Å². The average Bonchev–Trinajstić information content (AvgIpc) is 3.45. The Balaban J connectivity index is 1.54. The predicted molar refractivity (Wildman–Crippen MR) is 116 cm³/mol. The number of hydrogen-bond donors (Lipinski definition) is 1. The van der Waals surface area contributed by atoms with Crippen molar-refractivity contribution in [2.45, 2.75) is 38.0 Å². The van der Waals surface area contributed by atoms with Gasteiger partial charge in [-0.15, -0.1) is 5.10 Å². The van der Waals surface area contributed by atoms with Crippen LogP contribution in [-0.2, 0) is 5.41 Å². The molecule has 1 saturated carbocycles. The number of fused-ring (bicyclic) bond motifs is 5. The van der Waals surface area contributed by atoms with E-state index in [9.17, 15) is 8.78 Å². The summed E-state index contributed by atoms with van der Waals surface area (Å²) >= 11 is 0. The highest BCUT2D eigenvalue weighted by Gasteiger charge is 2.65. The molecule has 0 spiro atoms. The van der Waals surface area contributed by atoms with E-state index < -0.39 is 17.0 Å². The van der Waals surface area contributed by atoms with Gasteiger partial charge in [-0.2, -0.15) is 10.2 Å². The van der Waals surface area contributed by atoms with E-state index >= 15 is 0 Å². The van der Waals surface area contributed by atoms with E-state index in [0.29, 0.717) is 0 Å². The number of nitrogens with one attached hydrogen (secondary N) is 1. The molecule has 0 unspecified atom stereocenters. The van der Waals surface area contributed by atoms with Crippen LogP contribution >= 0.6 is 0 Å². The second-order valence-electron chi connectivity index (χ2n) is 9.23. The molecule has 5 nitrogen and oxygen atoms in total. The van der Waals surface area contributed by atoms with Gasteiger partial charge in [0.2, 0.25) is 0 Å². The van der Waals surface area contributed by atoms with Gasteiger partial charge in [-0.05, 0) is 66.1 Å². The van der Waals surface area contributed by atoms with Gasteiger partial charge in [0.05, 0.1) is 39.4 Å². The minimum atomic E-state index is -0.634. The Labute approximate surface area is 184 Å². The highest BCUT2D eigenvalue weighted by atomic mass is 19.1. The molecule has 160 valence electrons. The van der Waals surface area contributed by atoms with E-state index in [0.717, 1.165) is 41.2 Å². The molecule has 0 saturated heterocycles. The molecule has 6 rings (SSSR count). The summed E-state index contributed by atoms with van der Waals surface area (Å²) in [4.78, 5) is 5.01. The van der Waals surface area contributed by atoms with Crippen molar-refractivity contribution >= 4 is 0 Å². The quantitative estimate of drug-likeness (QED) is 0.473. The summed E-state index contributed by atoms with van der Waals surface area (Å²) in [6.07, 6.45) is 3.57. The molecule has 2 aliphatic carbocycles. The number of hydrogen-bond acceptors (Lipinski definition) is 4. The lowest BCUT2D eigenvalue weighted by Crippen LogP contribution is -2.37. The summed E-state index contributed by atoms with van der Waals surface area (Å²) in [7, 11) is 0. The van der Waals surface area contributed by atoms with Gasteiger partial charge in [-0.3, -0.25) is 10.1 Å². The Bertz CT molecular complexity index is 1330. The Morgan fingerprint density at radius 3 is 2.50 bits per heavy atom. The fourth-order valence-electron chi connectivity index (χ4n) is 5.98. The van der Waals surface area contributed by atoms with Crippen molar-refractivity contribution < 1.29 is 8.78 Å². The third kappa shape index (κ3) is 2.36. The monoisotopic (exact) mass is 429 g/mol. The number of rotatable bonds is 3. The molecule has 3 aromatic heterocycles. The number of aromatic amines is 1. The van der Waals surface area contributed by atoms with Crippen LogP contribution in [0.3, 0.4) is 0 Å². The number of nitrogens with zero attached hydrogens (tertiary/aromatic N) is 4. The Morgan fingerprint density at radius 1 is 0.969 bits per heavy atom. The maximum absolute atomic E-state index is 14.4. The van der Waals surface area contributed by atoms with Crippen LogP contribution in [0.5, 0.6) is 0 Å². The molecule has 2 atom stereocenters. The van der Waals surface area contributed by atoms with Crippen molar-refractivity contribution in [2.24, 2.45) is 5.41 Å². The molecule has 2 bridgehead atoms. The summed E-state index contributed by atoms with van der Waals surface area (Å²) in [6.45, 7) is 4.47. The molecule has 0 amide bonds. The van der Waals surface area contributed by atoms with E-state index in [1.165, 1.54) is 18.2 Å². The minimum absolute atomic E-state index is 0.128. The molecule has 2 aliphatic rings. The van der Waals surface area contributed by atoms with Crippen LogP contribution in [-0.4, -0.2) is 25.4 Å². The molecule has 1 N–H and O–H groups in total. The van der Waals surface area contributed by atoms with Crippen LogP contribution in [0.2, 0.25) is 0 Å². The van der Waals surface area contributed by atoms with Gasteiger partial charge in [-0.1, -0.05) is 26.0 Å². The summed E-state index contributed by atoms with van der Waals surface area (Å²) in [5, 5.41) is 15.9. The van der Waals surface area contributed by atoms with Crippen molar-refractivity contribution in [2.75, 3.05) is 0 Å². The third-order valence-electron chi connectivity index (χ3n) is 7.56.